The first-order valence-electron chi connectivity index (χ1n) is 3.16. The molecule has 0 radical (unpaired) electrons. The van der Waals surface area contributed by atoms with Crippen molar-refractivity contribution in [2.75, 3.05) is 0 Å². The topological polar surface area (TPSA) is 69.5 Å². The number of aryl methyl sites for hydroxylation is 1. The molecular formula is C7H7N3O. The molecule has 0 saturated carbocycles. The van der Waals surface area contributed by atoms with Crippen LogP contribution in [0.15, 0.2) is 10.9 Å². The molecule has 0 aromatic carbocycles. The Hall–Kier alpha value is -1.63. The van der Waals surface area contributed by atoms with Crippen LogP contribution >= 0.6 is 0 Å². The van der Waals surface area contributed by atoms with E-state index in [1.54, 1.807) is 13.0 Å². The lowest BCUT2D eigenvalue weighted by molar-refractivity contribution is 0.919. The van der Waals surface area contributed by atoms with Crippen molar-refractivity contribution in [3.05, 3.63) is 27.7 Å². The highest BCUT2D eigenvalue weighted by atomic mass is 16.1. The molecule has 0 unspecified atom stereocenters. The summed E-state index contributed by atoms with van der Waals surface area (Å²) in [6.45, 7) is 1.76. The van der Waals surface area contributed by atoms with Crippen molar-refractivity contribution in [3.8, 4) is 6.07 Å². The molecule has 4 heteroatoms. The minimum Gasteiger partial charge on any atom is -0.268 e. The van der Waals surface area contributed by atoms with Gasteiger partial charge >= 0.3 is 0 Å². The van der Waals surface area contributed by atoms with Crippen LogP contribution in [-0.4, -0.2) is 10.2 Å². The van der Waals surface area contributed by atoms with Gasteiger partial charge < -0.3 is 0 Å². The fraction of sp³-hybridized carbons (Fsp3) is 0.286. The molecule has 1 N–H and O–H groups in total. The van der Waals surface area contributed by atoms with Crippen molar-refractivity contribution >= 4 is 0 Å². The maximum Gasteiger partial charge on any atom is 0.268 e. The summed E-state index contributed by atoms with van der Waals surface area (Å²) in [6, 6.07) is 3.52. The van der Waals surface area contributed by atoms with Crippen LogP contribution in [0.1, 0.15) is 11.3 Å². The second kappa shape index (κ2) is 2.97. The first kappa shape index (κ1) is 7.48. The standard InChI is InChI=1S/C7H7N3O/c1-5-4-6(2-3-8)7(11)10-9-5/h4H,2H2,1H3,(H,10,11). The molecule has 1 aromatic heterocycles. The molecule has 0 aliphatic carbocycles. The molecule has 0 spiro atoms. The van der Waals surface area contributed by atoms with E-state index < -0.39 is 0 Å². The van der Waals surface area contributed by atoms with E-state index in [0.717, 1.165) is 5.69 Å². The van der Waals surface area contributed by atoms with Crippen LogP contribution in [-0.2, 0) is 6.42 Å². The van der Waals surface area contributed by atoms with Gasteiger partial charge in [0.15, 0.2) is 0 Å². The van der Waals surface area contributed by atoms with Crippen molar-refractivity contribution in [3.63, 3.8) is 0 Å². The minimum absolute atomic E-state index is 0.138. The maximum absolute atomic E-state index is 10.9. The van der Waals surface area contributed by atoms with Crippen LogP contribution in [0.3, 0.4) is 0 Å². The number of aromatic nitrogens is 2. The normalized spacial score (nSPS) is 9.09. The summed E-state index contributed by atoms with van der Waals surface area (Å²) < 4.78 is 0. The number of hydrogen-bond donors (Lipinski definition) is 1. The monoisotopic (exact) mass is 149 g/mol. The van der Waals surface area contributed by atoms with E-state index in [4.69, 9.17) is 5.26 Å². The third kappa shape index (κ3) is 1.64. The third-order valence-corrected chi connectivity index (χ3v) is 1.28. The number of rotatable bonds is 1. The molecule has 0 saturated heterocycles. The van der Waals surface area contributed by atoms with E-state index >= 15 is 0 Å². The van der Waals surface area contributed by atoms with Gasteiger partial charge in [-0.2, -0.15) is 10.4 Å². The van der Waals surface area contributed by atoms with Gasteiger partial charge in [-0.25, -0.2) is 5.10 Å². The van der Waals surface area contributed by atoms with Crippen LogP contribution in [0.2, 0.25) is 0 Å². The molecule has 0 aliphatic heterocycles. The van der Waals surface area contributed by atoms with E-state index in [-0.39, 0.29) is 12.0 Å². The summed E-state index contributed by atoms with van der Waals surface area (Å²) in [4.78, 5) is 10.9. The second-order valence-electron chi connectivity index (χ2n) is 2.20. The van der Waals surface area contributed by atoms with Gasteiger partial charge in [-0.15, -0.1) is 0 Å². The molecular weight excluding hydrogens is 142 g/mol. The van der Waals surface area contributed by atoms with Crippen molar-refractivity contribution in [1.82, 2.24) is 10.2 Å². The van der Waals surface area contributed by atoms with Crippen LogP contribution in [0.5, 0.6) is 0 Å². The van der Waals surface area contributed by atoms with Crippen molar-refractivity contribution < 1.29 is 0 Å². The van der Waals surface area contributed by atoms with E-state index in [0.29, 0.717) is 5.56 Å². The summed E-state index contributed by atoms with van der Waals surface area (Å²) in [5, 5.41) is 14.3. The molecule has 1 aromatic rings. The maximum atomic E-state index is 10.9. The zero-order valence-electron chi connectivity index (χ0n) is 6.09. The van der Waals surface area contributed by atoms with Crippen molar-refractivity contribution in [1.29, 1.82) is 5.26 Å². The number of nitrogens with one attached hydrogen (secondary N) is 1. The Morgan fingerprint density at radius 3 is 3.18 bits per heavy atom. The predicted molar refractivity (Wildman–Crippen MR) is 38.9 cm³/mol. The van der Waals surface area contributed by atoms with Crippen LogP contribution in [0, 0.1) is 18.3 Å². The zero-order valence-corrected chi connectivity index (χ0v) is 6.09. The Labute approximate surface area is 63.5 Å². The lowest BCUT2D eigenvalue weighted by Crippen LogP contribution is -2.14. The summed E-state index contributed by atoms with van der Waals surface area (Å²) in [6.07, 6.45) is 0.138. The molecule has 0 fully saturated rings. The fourth-order valence-electron chi connectivity index (χ4n) is 0.777. The highest BCUT2D eigenvalue weighted by Crippen LogP contribution is 1.92. The summed E-state index contributed by atoms with van der Waals surface area (Å²) >= 11 is 0. The third-order valence-electron chi connectivity index (χ3n) is 1.28. The van der Waals surface area contributed by atoms with Crippen LogP contribution in [0.4, 0.5) is 0 Å². The molecule has 0 bridgehead atoms. The Balaban J connectivity index is 3.15. The summed E-state index contributed by atoms with van der Waals surface area (Å²) in [5.41, 5.74) is 0.909. The Morgan fingerprint density at radius 1 is 1.82 bits per heavy atom. The first-order chi connectivity index (χ1) is 5.24. The second-order valence-corrected chi connectivity index (χ2v) is 2.20. The minimum atomic E-state index is -0.280. The smallest absolute Gasteiger partial charge is 0.268 e. The molecule has 0 aliphatic rings. The molecule has 1 heterocycles. The van der Waals surface area contributed by atoms with Crippen molar-refractivity contribution in [2.45, 2.75) is 13.3 Å². The average Bonchev–Trinajstić information content (AvgIpc) is 1.98. The quantitative estimate of drug-likeness (QED) is 0.617. The van der Waals surface area contributed by atoms with Gasteiger partial charge in [0.2, 0.25) is 0 Å². The molecule has 1 rings (SSSR count). The van der Waals surface area contributed by atoms with E-state index in [1.165, 1.54) is 0 Å². The van der Waals surface area contributed by atoms with Crippen molar-refractivity contribution in [2.24, 2.45) is 0 Å². The Kier molecular flexibility index (Phi) is 2.02. The number of H-pyrrole nitrogens is 1. The number of aromatic amines is 1. The SMILES string of the molecule is Cc1cc(CC#N)c(=O)[nH]n1. The molecule has 0 amide bonds. The Bertz CT molecular complexity index is 347. The zero-order chi connectivity index (χ0) is 8.27. The largest absolute Gasteiger partial charge is 0.268 e. The molecule has 0 atom stereocenters. The lowest BCUT2D eigenvalue weighted by Gasteiger charge is -1.92. The predicted octanol–water partition coefficient (Wildman–Crippen LogP) is 0.144. The molecule has 11 heavy (non-hydrogen) atoms. The fourth-order valence-corrected chi connectivity index (χ4v) is 0.777. The van der Waals surface area contributed by atoms with Crippen LogP contribution in [0.25, 0.3) is 0 Å². The van der Waals surface area contributed by atoms with Crippen LogP contribution < -0.4 is 5.56 Å². The Morgan fingerprint density at radius 2 is 2.55 bits per heavy atom. The van der Waals surface area contributed by atoms with Gasteiger partial charge in [-0.3, -0.25) is 4.79 Å². The molecule has 4 nitrogen and oxygen atoms in total. The highest BCUT2D eigenvalue weighted by molar-refractivity contribution is 5.15. The lowest BCUT2D eigenvalue weighted by atomic mass is 10.2. The first-order valence-corrected chi connectivity index (χ1v) is 3.16. The van der Waals surface area contributed by atoms with Gasteiger partial charge in [-0.1, -0.05) is 0 Å². The number of hydrogen-bond acceptors (Lipinski definition) is 3. The average molecular weight is 149 g/mol. The number of nitrogens with zero attached hydrogens (tertiary/aromatic N) is 2. The van der Waals surface area contributed by atoms with Gasteiger partial charge in [0.25, 0.3) is 5.56 Å². The van der Waals surface area contributed by atoms with E-state index in [2.05, 4.69) is 10.2 Å². The summed E-state index contributed by atoms with van der Waals surface area (Å²) in [5.74, 6) is 0. The van der Waals surface area contributed by atoms with Gasteiger partial charge in [-0.05, 0) is 13.0 Å². The highest BCUT2D eigenvalue weighted by Gasteiger charge is 1.98. The van der Waals surface area contributed by atoms with E-state index in [9.17, 15) is 4.79 Å². The summed E-state index contributed by atoms with van der Waals surface area (Å²) in [7, 11) is 0. The number of nitriles is 1. The van der Waals surface area contributed by atoms with Gasteiger partial charge in [0, 0.05) is 5.56 Å². The van der Waals surface area contributed by atoms with Gasteiger partial charge in [0.1, 0.15) is 0 Å². The van der Waals surface area contributed by atoms with Gasteiger partial charge in [0.05, 0.1) is 18.2 Å². The van der Waals surface area contributed by atoms with E-state index in [1.807, 2.05) is 6.07 Å². The molecule has 56 valence electrons.